The zero-order chi connectivity index (χ0) is 21.7. The van der Waals surface area contributed by atoms with E-state index in [0.29, 0.717) is 30.3 Å². The highest BCUT2D eigenvalue weighted by Crippen LogP contribution is 2.37. The lowest BCUT2D eigenvalue weighted by Crippen LogP contribution is -2.40. The Bertz CT molecular complexity index is 1120. The zero-order valence-electron chi connectivity index (χ0n) is 16.7. The minimum Gasteiger partial charge on any atom is -0.486 e. The Hall–Kier alpha value is -3.05. The predicted octanol–water partition coefficient (Wildman–Crippen LogP) is 1.27. The van der Waals surface area contributed by atoms with E-state index in [-0.39, 0.29) is 17.4 Å². The Balaban J connectivity index is 1.58. The first kappa shape index (κ1) is 20.2. The fraction of sp³-hybridized carbons (Fsp3) is 0.368. The van der Waals surface area contributed by atoms with Crippen LogP contribution >= 0.6 is 0 Å². The molecule has 4 rings (SSSR count). The van der Waals surface area contributed by atoms with Gasteiger partial charge in [0.2, 0.25) is 5.09 Å². The van der Waals surface area contributed by atoms with Crippen LogP contribution in [-0.2, 0) is 26.9 Å². The van der Waals surface area contributed by atoms with E-state index in [1.54, 1.807) is 25.1 Å². The second-order valence-corrected chi connectivity index (χ2v) is 9.40. The van der Waals surface area contributed by atoms with E-state index in [4.69, 9.17) is 13.9 Å². The Morgan fingerprint density at radius 2 is 1.80 bits per heavy atom. The number of ether oxygens (including phenoxy) is 2. The van der Waals surface area contributed by atoms with Crippen LogP contribution in [0.5, 0.6) is 11.5 Å². The molecular formula is C19H21N3O7S. The minimum atomic E-state index is -3.75. The molecule has 3 amide bonds. The summed E-state index contributed by atoms with van der Waals surface area (Å²) in [6.45, 7) is 2.24. The van der Waals surface area contributed by atoms with Gasteiger partial charge in [0.15, 0.2) is 11.5 Å². The maximum atomic E-state index is 13.1. The molecule has 1 aromatic carbocycles. The third-order valence-corrected chi connectivity index (χ3v) is 6.77. The van der Waals surface area contributed by atoms with Gasteiger partial charge in [-0.2, -0.15) is 0 Å². The van der Waals surface area contributed by atoms with Crippen molar-refractivity contribution >= 4 is 22.0 Å². The number of benzene rings is 1. The Labute approximate surface area is 173 Å². The molecule has 1 fully saturated rings. The molecular weight excluding hydrogens is 414 g/mol. The number of amides is 3. The molecule has 11 heteroatoms. The van der Waals surface area contributed by atoms with E-state index in [1.807, 2.05) is 0 Å². The van der Waals surface area contributed by atoms with Crippen molar-refractivity contribution in [3.05, 3.63) is 41.7 Å². The molecule has 10 nitrogen and oxygen atoms in total. The number of imide groups is 1. The molecule has 2 aromatic rings. The number of urea groups is 1. The standard InChI is InChI=1S/C19H21N3O7S/c1-19(12-4-6-14-15(10-12)28-9-8-27-14)17(23)22(18(24)20-19)11-13-5-7-16(29-13)30(25,26)21(2)3/h4-7,10H,8-9,11H2,1-3H3,(H,20,24)/t19-/m0/s1. The van der Waals surface area contributed by atoms with Crippen LogP contribution in [0, 0.1) is 0 Å². The van der Waals surface area contributed by atoms with Crippen molar-refractivity contribution in [3.63, 3.8) is 0 Å². The number of furan rings is 1. The first-order valence-corrected chi connectivity index (χ1v) is 10.6. The molecule has 1 atom stereocenters. The van der Waals surface area contributed by atoms with Gasteiger partial charge in [0.1, 0.15) is 24.5 Å². The normalized spacial score (nSPS) is 21.3. The largest absolute Gasteiger partial charge is 0.486 e. The van der Waals surface area contributed by atoms with Crippen LogP contribution in [-0.4, -0.2) is 56.9 Å². The van der Waals surface area contributed by atoms with Crippen LogP contribution in [0.15, 0.2) is 39.8 Å². The molecule has 30 heavy (non-hydrogen) atoms. The number of nitrogens with one attached hydrogen (secondary N) is 1. The van der Waals surface area contributed by atoms with Gasteiger partial charge in [-0.1, -0.05) is 6.07 Å². The third-order valence-electron chi connectivity index (χ3n) is 5.08. The first-order chi connectivity index (χ1) is 14.1. The van der Waals surface area contributed by atoms with Gasteiger partial charge in [0.05, 0.1) is 6.54 Å². The van der Waals surface area contributed by atoms with Crippen molar-refractivity contribution in [1.82, 2.24) is 14.5 Å². The van der Waals surface area contributed by atoms with E-state index in [2.05, 4.69) is 5.32 Å². The summed E-state index contributed by atoms with van der Waals surface area (Å²) in [5, 5.41) is 2.44. The van der Waals surface area contributed by atoms with Crippen LogP contribution < -0.4 is 14.8 Å². The fourth-order valence-corrected chi connectivity index (χ4v) is 4.12. The number of rotatable bonds is 5. The lowest BCUT2D eigenvalue weighted by molar-refractivity contribution is -0.131. The van der Waals surface area contributed by atoms with Gasteiger partial charge in [0.25, 0.3) is 15.9 Å². The van der Waals surface area contributed by atoms with Gasteiger partial charge in [-0.05, 0) is 36.8 Å². The summed E-state index contributed by atoms with van der Waals surface area (Å²) in [7, 11) is -0.989. The number of fused-ring (bicyclic) bond motifs is 1. The summed E-state index contributed by atoms with van der Waals surface area (Å²) in [6, 6.07) is 7.18. The summed E-state index contributed by atoms with van der Waals surface area (Å²) >= 11 is 0. The Morgan fingerprint density at radius 3 is 2.50 bits per heavy atom. The van der Waals surface area contributed by atoms with Gasteiger partial charge in [-0.15, -0.1) is 0 Å². The van der Waals surface area contributed by atoms with Crippen molar-refractivity contribution < 1.29 is 31.9 Å². The molecule has 1 N–H and O–H groups in total. The van der Waals surface area contributed by atoms with Crippen LogP contribution in [0.25, 0.3) is 0 Å². The van der Waals surface area contributed by atoms with Gasteiger partial charge < -0.3 is 19.2 Å². The summed E-state index contributed by atoms with van der Waals surface area (Å²) < 4.78 is 41.8. The minimum absolute atomic E-state index is 0.172. The van der Waals surface area contributed by atoms with Crippen molar-refractivity contribution in [2.24, 2.45) is 0 Å². The van der Waals surface area contributed by atoms with E-state index >= 15 is 0 Å². The molecule has 0 radical (unpaired) electrons. The third kappa shape index (κ3) is 3.19. The quantitative estimate of drug-likeness (QED) is 0.703. The van der Waals surface area contributed by atoms with Crippen molar-refractivity contribution in [1.29, 1.82) is 0 Å². The predicted molar refractivity (Wildman–Crippen MR) is 103 cm³/mol. The smallest absolute Gasteiger partial charge is 0.325 e. The second kappa shape index (κ2) is 7.03. The van der Waals surface area contributed by atoms with Crippen molar-refractivity contribution in [2.45, 2.75) is 24.1 Å². The maximum Gasteiger partial charge on any atom is 0.325 e. The molecule has 0 spiro atoms. The van der Waals surface area contributed by atoms with E-state index in [9.17, 15) is 18.0 Å². The second-order valence-electron chi connectivity index (χ2n) is 7.31. The Kier molecular flexibility index (Phi) is 4.74. The summed E-state index contributed by atoms with van der Waals surface area (Å²) in [4.78, 5) is 26.7. The SMILES string of the molecule is CN(C)S(=O)(=O)c1ccc(CN2C(=O)N[C@@](C)(c3ccc4c(c3)OCCO4)C2=O)o1. The van der Waals surface area contributed by atoms with Crippen LogP contribution in [0.3, 0.4) is 0 Å². The average Bonchev–Trinajstić information content (AvgIpc) is 3.27. The lowest BCUT2D eigenvalue weighted by Gasteiger charge is -2.25. The maximum absolute atomic E-state index is 13.1. The topological polar surface area (TPSA) is 118 Å². The number of nitrogens with zero attached hydrogens (tertiary/aromatic N) is 2. The molecule has 3 heterocycles. The Morgan fingerprint density at radius 1 is 1.10 bits per heavy atom. The molecule has 160 valence electrons. The van der Waals surface area contributed by atoms with E-state index in [1.165, 1.54) is 26.2 Å². The van der Waals surface area contributed by atoms with Crippen LogP contribution in [0.1, 0.15) is 18.2 Å². The average molecular weight is 435 g/mol. The van der Waals surface area contributed by atoms with Crippen LogP contribution in [0.4, 0.5) is 4.79 Å². The molecule has 0 aliphatic carbocycles. The molecule has 2 aliphatic heterocycles. The van der Waals surface area contributed by atoms with Crippen LogP contribution in [0.2, 0.25) is 0 Å². The molecule has 1 aromatic heterocycles. The number of hydrogen-bond donors (Lipinski definition) is 1. The molecule has 1 saturated heterocycles. The molecule has 2 aliphatic rings. The summed E-state index contributed by atoms with van der Waals surface area (Å²) in [5.74, 6) is 0.764. The number of sulfonamides is 1. The zero-order valence-corrected chi connectivity index (χ0v) is 17.5. The molecule has 0 unspecified atom stereocenters. The summed E-state index contributed by atoms with van der Waals surface area (Å²) in [6.07, 6.45) is 0. The van der Waals surface area contributed by atoms with E-state index < -0.39 is 27.5 Å². The van der Waals surface area contributed by atoms with Gasteiger partial charge in [0, 0.05) is 14.1 Å². The number of hydrogen-bond acceptors (Lipinski definition) is 7. The van der Waals surface area contributed by atoms with Crippen molar-refractivity contribution in [3.8, 4) is 11.5 Å². The summed E-state index contributed by atoms with van der Waals surface area (Å²) in [5.41, 5.74) is -0.763. The monoisotopic (exact) mass is 435 g/mol. The number of carbonyl (C=O) groups excluding carboxylic acids is 2. The lowest BCUT2D eigenvalue weighted by atomic mass is 9.91. The van der Waals surface area contributed by atoms with Gasteiger partial charge in [-0.3, -0.25) is 9.69 Å². The molecule has 0 saturated carbocycles. The highest BCUT2D eigenvalue weighted by atomic mass is 32.2. The van der Waals surface area contributed by atoms with Gasteiger partial charge >= 0.3 is 6.03 Å². The molecule has 0 bridgehead atoms. The van der Waals surface area contributed by atoms with Gasteiger partial charge in [-0.25, -0.2) is 17.5 Å². The fourth-order valence-electron chi connectivity index (χ4n) is 3.31. The number of carbonyl (C=O) groups is 2. The van der Waals surface area contributed by atoms with Crippen molar-refractivity contribution in [2.75, 3.05) is 27.3 Å². The first-order valence-electron chi connectivity index (χ1n) is 9.18. The van der Waals surface area contributed by atoms with E-state index in [0.717, 1.165) is 9.21 Å². The highest BCUT2D eigenvalue weighted by molar-refractivity contribution is 7.88. The highest BCUT2D eigenvalue weighted by Gasteiger charge is 2.49.